The molecule has 42 heavy (non-hydrogen) atoms. The molecule has 0 aliphatic rings. The first-order valence-electron chi connectivity index (χ1n) is 18.4. The van der Waals surface area contributed by atoms with Crippen molar-refractivity contribution in [1.82, 2.24) is 9.99 Å². The molecule has 246 valence electrons. The van der Waals surface area contributed by atoms with E-state index in [1.54, 1.807) is 6.20 Å². The Hall–Kier alpha value is -1.17. The highest BCUT2D eigenvalue weighted by Gasteiger charge is 2.16. The number of rotatable bonds is 32. The van der Waals surface area contributed by atoms with Crippen LogP contribution in [0.1, 0.15) is 181 Å². The smallest absolute Gasteiger partial charge is 0.140 e. The molecule has 0 radical (unpaired) electrons. The minimum Gasteiger partial charge on any atom is -0.392 e. The molecule has 1 rings (SSSR count). The van der Waals surface area contributed by atoms with E-state index in [-0.39, 0.29) is 0 Å². The summed E-state index contributed by atoms with van der Waals surface area (Å²) >= 11 is 0. The Balaban J connectivity index is 2.17. The van der Waals surface area contributed by atoms with E-state index in [1.807, 2.05) is 23.2 Å². The lowest BCUT2D eigenvalue weighted by molar-refractivity contribution is 0.0728. The average molecular weight is 590 g/mol. The van der Waals surface area contributed by atoms with Crippen molar-refractivity contribution in [3.05, 3.63) is 24.4 Å². The summed E-state index contributed by atoms with van der Waals surface area (Å²) in [6, 6.07) is 5.79. The second-order valence-corrected chi connectivity index (χ2v) is 12.9. The number of pyridine rings is 1. The lowest BCUT2D eigenvalue weighted by Crippen LogP contribution is -2.42. The Bertz CT molecular complexity index is 624. The monoisotopic (exact) mass is 590 g/mol. The van der Waals surface area contributed by atoms with E-state index in [0.29, 0.717) is 13.1 Å². The van der Waals surface area contributed by atoms with Crippen LogP contribution in [0.2, 0.25) is 0 Å². The van der Waals surface area contributed by atoms with Crippen LogP contribution in [0.3, 0.4) is 0 Å². The van der Waals surface area contributed by atoms with Crippen molar-refractivity contribution in [3.8, 4) is 0 Å². The molecular weight excluding hydrogens is 518 g/mol. The van der Waals surface area contributed by atoms with Gasteiger partial charge < -0.3 is 15.6 Å². The SMILES string of the molecule is CCCCCCCCCCCCCCC(O)CN(CC(O)CCCCCCCCCCCCCC)Nc1ccccn1. The standard InChI is InChI=1S/C37H71N3O2/c1-3-5-7-9-11-13-15-17-19-21-23-25-29-35(41)33-40(39-37-31-27-28-32-38-37)34-36(42)30-26-24-22-20-18-16-14-12-10-8-6-4-2/h27-28,31-32,35-36,41-42H,3-26,29-30,33-34H2,1-2H3,(H,38,39). The maximum Gasteiger partial charge on any atom is 0.140 e. The van der Waals surface area contributed by atoms with Crippen molar-refractivity contribution in [1.29, 1.82) is 0 Å². The van der Waals surface area contributed by atoms with Gasteiger partial charge in [-0.05, 0) is 25.0 Å². The summed E-state index contributed by atoms with van der Waals surface area (Å²) in [5.74, 6) is 0.757. The minimum absolute atomic E-state index is 0.400. The number of hydrazine groups is 1. The van der Waals surface area contributed by atoms with Crippen molar-refractivity contribution in [2.24, 2.45) is 0 Å². The fourth-order valence-electron chi connectivity index (χ4n) is 5.89. The number of aliphatic hydroxyl groups excluding tert-OH is 2. The zero-order chi connectivity index (χ0) is 30.4. The summed E-state index contributed by atoms with van der Waals surface area (Å²) in [6.45, 7) is 5.56. The Kier molecular flexibility index (Phi) is 27.6. The van der Waals surface area contributed by atoms with Crippen molar-refractivity contribution in [3.63, 3.8) is 0 Å². The summed E-state index contributed by atoms with van der Waals surface area (Å²) in [6.07, 6.45) is 34.5. The molecule has 1 aromatic rings. The van der Waals surface area contributed by atoms with Crippen LogP contribution < -0.4 is 5.43 Å². The van der Waals surface area contributed by atoms with Gasteiger partial charge in [0.2, 0.25) is 0 Å². The summed E-state index contributed by atoms with van der Waals surface area (Å²) in [5.41, 5.74) is 3.34. The van der Waals surface area contributed by atoms with Gasteiger partial charge in [0, 0.05) is 19.3 Å². The third-order valence-electron chi connectivity index (χ3n) is 8.58. The minimum atomic E-state index is -0.400. The van der Waals surface area contributed by atoms with E-state index in [2.05, 4.69) is 24.3 Å². The van der Waals surface area contributed by atoms with Gasteiger partial charge in [-0.2, -0.15) is 0 Å². The van der Waals surface area contributed by atoms with Gasteiger partial charge in [-0.1, -0.05) is 174 Å². The lowest BCUT2D eigenvalue weighted by Gasteiger charge is -2.28. The molecule has 0 fully saturated rings. The molecule has 0 aliphatic carbocycles. The lowest BCUT2D eigenvalue weighted by atomic mass is 10.0. The number of hydrogen-bond acceptors (Lipinski definition) is 5. The van der Waals surface area contributed by atoms with Crippen LogP contribution in [0.5, 0.6) is 0 Å². The van der Waals surface area contributed by atoms with Crippen LogP contribution in [-0.4, -0.2) is 45.5 Å². The first-order chi connectivity index (χ1) is 20.7. The summed E-state index contributed by atoms with van der Waals surface area (Å²) in [5, 5.41) is 23.5. The van der Waals surface area contributed by atoms with E-state index in [9.17, 15) is 10.2 Å². The maximum atomic E-state index is 10.8. The molecule has 1 heterocycles. The molecule has 0 saturated heterocycles. The molecule has 0 amide bonds. The quantitative estimate of drug-likeness (QED) is 0.0576. The molecule has 0 aliphatic heterocycles. The molecule has 0 saturated carbocycles. The van der Waals surface area contributed by atoms with Crippen LogP contribution in [-0.2, 0) is 0 Å². The summed E-state index contributed by atoms with van der Waals surface area (Å²) < 4.78 is 0. The van der Waals surface area contributed by atoms with Crippen LogP contribution in [0, 0.1) is 0 Å². The molecule has 1 aromatic heterocycles. The fourth-order valence-corrected chi connectivity index (χ4v) is 5.89. The molecule has 5 nitrogen and oxygen atoms in total. The third kappa shape index (κ3) is 25.3. The van der Waals surface area contributed by atoms with Crippen LogP contribution in [0.15, 0.2) is 24.4 Å². The second-order valence-electron chi connectivity index (χ2n) is 12.9. The largest absolute Gasteiger partial charge is 0.392 e. The highest BCUT2D eigenvalue weighted by atomic mass is 16.3. The van der Waals surface area contributed by atoms with E-state index in [1.165, 1.54) is 141 Å². The zero-order valence-corrected chi connectivity index (χ0v) is 28.1. The molecule has 3 N–H and O–H groups in total. The van der Waals surface area contributed by atoms with Crippen molar-refractivity contribution < 1.29 is 10.2 Å². The van der Waals surface area contributed by atoms with Gasteiger partial charge >= 0.3 is 0 Å². The van der Waals surface area contributed by atoms with Gasteiger partial charge in [0.15, 0.2) is 0 Å². The Morgan fingerprint density at radius 1 is 0.548 bits per heavy atom. The molecule has 2 unspecified atom stereocenters. The van der Waals surface area contributed by atoms with Crippen LogP contribution >= 0.6 is 0 Å². The van der Waals surface area contributed by atoms with E-state index >= 15 is 0 Å². The molecule has 0 bridgehead atoms. The van der Waals surface area contributed by atoms with Gasteiger partial charge in [-0.3, -0.25) is 0 Å². The number of aliphatic hydroxyl groups is 2. The van der Waals surface area contributed by atoms with Gasteiger partial charge in [0.05, 0.1) is 12.2 Å². The average Bonchev–Trinajstić information content (AvgIpc) is 2.98. The Labute approximate surface area is 261 Å². The molecule has 0 aromatic carbocycles. The van der Waals surface area contributed by atoms with Crippen molar-refractivity contribution in [2.45, 2.75) is 193 Å². The molecule has 0 spiro atoms. The molecule has 5 heteroatoms. The number of nitrogens with one attached hydrogen (secondary N) is 1. The van der Waals surface area contributed by atoms with Gasteiger partial charge in [-0.25, -0.2) is 9.99 Å². The van der Waals surface area contributed by atoms with Gasteiger partial charge in [-0.15, -0.1) is 0 Å². The second kappa shape index (κ2) is 29.9. The molecule has 2 atom stereocenters. The predicted octanol–water partition coefficient (Wildman–Crippen LogP) is 10.6. The number of aromatic nitrogens is 1. The van der Waals surface area contributed by atoms with Gasteiger partial charge in [0.1, 0.15) is 5.82 Å². The zero-order valence-electron chi connectivity index (χ0n) is 28.1. The summed E-state index contributed by atoms with van der Waals surface area (Å²) in [4.78, 5) is 4.39. The predicted molar refractivity (Wildman–Crippen MR) is 183 cm³/mol. The third-order valence-corrected chi connectivity index (χ3v) is 8.58. The Morgan fingerprint density at radius 3 is 1.24 bits per heavy atom. The Morgan fingerprint density at radius 2 is 0.905 bits per heavy atom. The normalized spacial score (nSPS) is 13.1. The molecular formula is C37H71N3O2. The van der Waals surface area contributed by atoms with Crippen molar-refractivity contribution >= 4 is 5.82 Å². The number of anilines is 1. The van der Waals surface area contributed by atoms with E-state index < -0.39 is 12.2 Å². The number of nitrogens with zero attached hydrogens (tertiary/aromatic N) is 2. The van der Waals surface area contributed by atoms with E-state index in [0.717, 1.165) is 31.5 Å². The van der Waals surface area contributed by atoms with Crippen molar-refractivity contribution in [2.75, 3.05) is 18.5 Å². The fraction of sp³-hybridized carbons (Fsp3) is 0.865. The highest BCUT2D eigenvalue weighted by molar-refractivity contribution is 5.31. The van der Waals surface area contributed by atoms with Crippen LogP contribution in [0.25, 0.3) is 0 Å². The topological polar surface area (TPSA) is 68.6 Å². The van der Waals surface area contributed by atoms with E-state index in [4.69, 9.17) is 0 Å². The number of hydrogen-bond donors (Lipinski definition) is 3. The van der Waals surface area contributed by atoms with Crippen LogP contribution in [0.4, 0.5) is 5.82 Å². The maximum absolute atomic E-state index is 10.8. The number of unbranched alkanes of at least 4 members (excludes halogenated alkanes) is 22. The highest BCUT2D eigenvalue weighted by Crippen LogP contribution is 2.16. The first-order valence-corrected chi connectivity index (χ1v) is 18.4. The van der Waals surface area contributed by atoms with Gasteiger partial charge in [0.25, 0.3) is 0 Å². The summed E-state index contributed by atoms with van der Waals surface area (Å²) in [7, 11) is 0. The first kappa shape index (κ1) is 38.9.